The van der Waals surface area contributed by atoms with Gasteiger partial charge in [-0.05, 0) is 82.2 Å². The zero-order valence-corrected chi connectivity index (χ0v) is 15.3. The number of rotatable bonds is 5. The van der Waals surface area contributed by atoms with Crippen LogP contribution in [0.2, 0.25) is 0 Å². The van der Waals surface area contributed by atoms with E-state index < -0.39 is 6.10 Å². The second-order valence-electron chi connectivity index (χ2n) is 5.48. The molecule has 1 aromatic heterocycles. The van der Waals surface area contributed by atoms with Crippen molar-refractivity contribution in [2.24, 2.45) is 0 Å². The SMILES string of the molecule is Cc1ccc(OC(C)C(=O)Nc2ccc(-n3cnnn3)cc2)c(Br)c1. The van der Waals surface area contributed by atoms with E-state index in [1.807, 2.05) is 37.3 Å². The summed E-state index contributed by atoms with van der Waals surface area (Å²) in [6.07, 6.45) is 0.862. The topological polar surface area (TPSA) is 81.9 Å². The molecule has 1 unspecified atom stereocenters. The molecule has 128 valence electrons. The highest BCUT2D eigenvalue weighted by atomic mass is 79.9. The highest BCUT2D eigenvalue weighted by Gasteiger charge is 2.16. The third-order valence-corrected chi connectivity index (χ3v) is 4.13. The number of benzene rings is 2. The lowest BCUT2D eigenvalue weighted by Crippen LogP contribution is -2.30. The number of ether oxygens (including phenoxy) is 1. The molecule has 1 heterocycles. The van der Waals surface area contributed by atoms with Gasteiger partial charge < -0.3 is 10.1 Å². The fourth-order valence-electron chi connectivity index (χ4n) is 2.17. The van der Waals surface area contributed by atoms with Gasteiger partial charge in [-0.15, -0.1) is 5.10 Å². The van der Waals surface area contributed by atoms with Crippen molar-refractivity contribution in [3.05, 3.63) is 58.8 Å². The molecule has 2 aromatic carbocycles. The Morgan fingerprint density at radius 2 is 2.00 bits per heavy atom. The van der Waals surface area contributed by atoms with Crippen LogP contribution in [0.5, 0.6) is 5.75 Å². The number of amides is 1. The minimum Gasteiger partial charge on any atom is -0.480 e. The maximum atomic E-state index is 12.3. The van der Waals surface area contributed by atoms with E-state index in [2.05, 4.69) is 36.8 Å². The highest BCUT2D eigenvalue weighted by Crippen LogP contribution is 2.26. The number of carbonyl (C=O) groups excluding carboxylic acids is 1. The van der Waals surface area contributed by atoms with Crippen LogP contribution in [-0.4, -0.2) is 32.2 Å². The Balaban J connectivity index is 1.63. The van der Waals surface area contributed by atoms with Crippen molar-refractivity contribution < 1.29 is 9.53 Å². The van der Waals surface area contributed by atoms with Gasteiger partial charge in [0.15, 0.2) is 6.10 Å². The summed E-state index contributed by atoms with van der Waals surface area (Å²) in [5.74, 6) is 0.393. The van der Waals surface area contributed by atoms with E-state index in [1.54, 1.807) is 19.1 Å². The average Bonchev–Trinajstić information content (AvgIpc) is 3.12. The van der Waals surface area contributed by atoms with Crippen LogP contribution >= 0.6 is 15.9 Å². The average molecular weight is 402 g/mol. The molecule has 7 nitrogen and oxygen atoms in total. The van der Waals surface area contributed by atoms with E-state index in [0.717, 1.165) is 15.7 Å². The highest BCUT2D eigenvalue weighted by molar-refractivity contribution is 9.10. The summed E-state index contributed by atoms with van der Waals surface area (Å²) >= 11 is 3.44. The summed E-state index contributed by atoms with van der Waals surface area (Å²) in [7, 11) is 0. The van der Waals surface area contributed by atoms with Crippen molar-refractivity contribution in [1.82, 2.24) is 20.2 Å². The molecular weight excluding hydrogens is 386 g/mol. The smallest absolute Gasteiger partial charge is 0.265 e. The normalized spacial score (nSPS) is 11.8. The van der Waals surface area contributed by atoms with Crippen LogP contribution in [0.4, 0.5) is 5.69 Å². The third kappa shape index (κ3) is 4.21. The van der Waals surface area contributed by atoms with Gasteiger partial charge in [0.1, 0.15) is 12.1 Å². The molecule has 0 aliphatic heterocycles. The van der Waals surface area contributed by atoms with Crippen LogP contribution < -0.4 is 10.1 Å². The number of aromatic nitrogens is 4. The van der Waals surface area contributed by atoms with Gasteiger partial charge in [-0.1, -0.05) is 6.07 Å². The number of nitrogens with zero attached hydrogens (tertiary/aromatic N) is 4. The van der Waals surface area contributed by atoms with E-state index in [4.69, 9.17) is 4.74 Å². The van der Waals surface area contributed by atoms with Gasteiger partial charge >= 0.3 is 0 Å². The van der Waals surface area contributed by atoms with E-state index in [0.29, 0.717) is 11.4 Å². The van der Waals surface area contributed by atoms with Crippen molar-refractivity contribution >= 4 is 27.5 Å². The van der Waals surface area contributed by atoms with Gasteiger partial charge in [-0.2, -0.15) is 0 Å². The molecule has 0 aliphatic carbocycles. The molecule has 0 radical (unpaired) electrons. The molecule has 0 aliphatic rings. The maximum absolute atomic E-state index is 12.3. The monoisotopic (exact) mass is 401 g/mol. The first kappa shape index (κ1) is 17.1. The molecule has 0 saturated heterocycles. The first-order chi connectivity index (χ1) is 12.0. The number of hydrogen-bond acceptors (Lipinski definition) is 5. The van der Waals surface area contributed by atoms with Crippen molar-refractivity contribution in [3.63, 3.8) is 0 Å². The van der Waals surface area contributed by atoms with Crippen LogP contribution in [0.1, 0.15) is 12.5 Å². The predicted octanol–water partition coefficient (Wildman–Crippen LogP) is 3.14. The van der Waals surface area contributed by atoms with E-state index in [9.17, 15) is 4.79 Å². The maximum Gasteiger partial charge on any atom is 0.265 e. The Hall–Kier alpha value is -2.74. The first-order valence-electron chi connectivity index (χ1n) is 7.60. The van der Waals surface area contributed by atoms with Crippen LogP contribution in [0.15, 0.2) is 53.3 Å². The number of halogens is 1. The molecular formula is C17H16BrN5O2. The zero-order chi connectivity index (χ0) is 17.8. The Morgan fingerprint density at radius 3 is 2.64 bits per heavy atom. The molecule has 0 saturated carbocycles. The molecule has 0 fully saturated rings. The molecule has 1 amide bonds. The van der Waals surface area contributed by atoms with E-state index in [1.165, 1.54) is 11.0 Å². The molecule has 3 rings (SSSR count). The number of aryl methyl sites for hydroxylation is 1. The van der Waals surface area contributed by atoms with Crippen LogP contribution in [0.25, 0.3) is 5.69 Å². The van der Waals surface area contributed by atoms with Gasteiger partial charge in [0.05, 0.1) is 10.2 Å². The zero-order valence-electron chi connectivity index (χ0n) is 13.7. The summed E-state index contributed by atoms with van der Waals surface area (Å²) in [6.45, 7) is 3.70. The van der Waals surface area contributed by atoms with Gasteiger partial charge in [0, 0.05) is 5.69 Å². The summed E-state index contributed by atoms with van der Waals surface area (Å²) in [4.78, 5) is 12.3. The Bertz CT molecular complexity index is 865. The lowest BCUT2D eigenvalue weighted by atomic mass is 10.2. The van der Waals surface area contributed by atoms with Gasteiger partial charge in [0.2, 0.25) is 0 Å². The van der Waals surface area contributed by atoms with E-state index in [-0.39, 0.29) is 5.91 Å². The number of tetrazole rings is 1. The van der Waals surface area contributed by atoms with Crippen molar-refractivity contribution in [2.45, 2.75) is 20.0 Å². The molecule has 1 N–H and O–H groups in total. The van der Waals surface area contributed by atoms with Crippen molar-refractivity contribution in [3.8, 4) is 11.4 Å². The third-order valence-electron chi connectivity index (χ3n) is 3.51. The molecule has 0 bridgehead atoms. The van der Waals surface area contributed by atoms with Gasteiger partial charge in [0.25, 0.3) is 5.91 Å². The Labute approximate surface area is 153 Å². The minimum atomic E-state index is -0.641. The fraction of sp³-hybridized carbons (Fsp3) is 0.176. The Morgan fingerprint density at radius 1 is 1.24 bits per heavy atom. The van der Waals surface area contributed by atoms with Crippen molar-refractivity contribution in [1.29, 1.82) is 0 Å². The molecule has 0 spiro atoms. The molecule has 25 heavy (non-hydrogen) atoms. The fourth-order valence-corrected chi connectivity index (χ4v) is 2.75. The van der Waals surface area contributed by atoms with Crippen LogP contribution in [0, 0.1) is 6.92 Å². The minimum absolute atomic E-state index is 0.234. The molecule has 1 atom stereocenters. The Kier molecular flexibility index (Phi) is 5.08. The first-order valence-corrected chi connectivity index (χ1v) is 8.39. The van der Waals surface area contributed by atoms with Gasteiger partial charge in [-0.25, -0.2) is 4.68 Å². The van der Waals surface area contributed by atoms with Crippen LogP contribution in [-0.2, 0) is 4.79 Å². The summed E-state index contributed by atoms with van der Waals surface area (Å²) in [5, 5.41) is 13.8. The lowest BCUT2D eigenvalue weighted by Gasteiger charge is -2.16. The summed E-state index contributed by atoms with van der Waals surface area (Å²) in [5.41, 5.74) is 2.58. The number of anilines is 1. The second-order valence-corrected chi connectivity index (χ2v) is 6.34. The number of nitrogens with one attached hydrogen (secondary N) is 1. The molecule has 8 heteroatoms. The second kappa shape index (κ2) is 7.43. The van der Waals surface area contributed by atoms with Crippen molar-refractivity contribution in [2.75, 3.05) is 5.32 Å². The molecule has 3 aromatic rings. The summed E-state index contributed by atoms with van der Waals surface area (Å²) in [6, 6.07) is 12.9. The predicted molar refractivity (Wildman–Crippen MR) is 96.8 cm³/mol. The largest absolute Gasteiger partial charge is 0.480 e. The van der Waals surface area contributed by atoms with Crippen LogP contribution in [0.3, 0.4) is 0 Å². The quantitative estimate of drug-likeness (QED) is 0.709. The number of hydrogen-bond donors (Lipinski definition) is 1. The van der Waals surface area contributed by atoms with E-state index >= 15 is 0 Å². The summed E-state index contributed by atoms with van der Waals surface area (Å²) < 4.78 is 8.08. The standard InChI is InChI=1S/C17H16BrN5O2/c1-11-3-8-16(15(18)9-11)25-12(2)17(24)20-13-4-6-14(7-5-13)23-10-19-21-22-23/h3-10,12H,1-2H3,(H,20,24). The van der Waals surface area contributed by atoms with Gasteiger partial charge in [-0.3, -0.25) is 4.79 Å². The number of carbonyl (C=O) groups is 1. The lowest BCUT2D eigenvalue weighted by molar-refractivity contribution is -0.122.